The third-order valence-electron chi connectivity index (χ3n) is 4.61. The number of fused-ring (bicyclic) bond motifs is 1. The van der Waals surface area contributed by atoms with Gasteiger partial charge in [-0.25, -0.2) is 0 Å². The van der Waals surface area contributed by atoms with E-state index < -0.39 is 0 Å². The highest BCUT2D eigenvalue weighted by Gasteiger charge is 2.34. The van der Waals surface area contributed by atoms with Crippen LogP contribution in [0.1, 0.15) is 17.9 Å². The molecule has 26 heavy (non-hydrogen) atoms. The van der Waals surface area contributed by atoms with E-state index in [1.807, 2.05) is 43.3 Å². The van der Waals surface area contributed by atoms with E-state index in [0.29, 0.717) is 18.8 Å². The molecule has 2 amide bonds. The number of aromatic nitrogens is 1. The Labute approximate surface area is 150 Å². The first kappa shape index (κ1) is 16.3. The van der Waals surface area contributed by atoms with Crippen LogP contribution in [0.3, 0.4) is 0 Å². The summed E-state index contributed by atoms with van der Waals surface area (Å²) in [5.41, 5.74) is 2.56. The van der Waals surface area contributed by atoms with Crippen LogP contribution in [0.2, 0.25) is 0 Å². The second-order valence-electron chi connectivity index (χ2n) is 6.60. The first-order valence-corrected chi connectivity index (χ1v) is 8.57. The number of anilines is 1. The summed E-state index contributed by atoms with van der Waals surface area (Å²) in [4.78, 5) is 30.9. The van der Waals surface area contributed by atoms with Gasteiger partial charge in [-0.1, -0.05) is 6.07 Å². The fourth-order valence-corrected chi connectivity index (χ4v) is 3.24. The van der Waals surface area contributed by atoms with Crippen LogP contribution in [0.4, 0.5) is 5.69 Å². The molecule has 0 aliphatic carbocycles. The summed E-state index contributed by atoms with van der Waals surface area (Å²) in [6.07, 6.45) is 1.80. The predicted octanol–water partition coefficient (Wildman–Crippen LogP) is 3.12. The van der Waals surface area contributed by atoms with Crippen molar-refractivity contribution in [1.29, 1.82) is 0 Å². The van der Waals surface area contributed by atoms with Gasteiger partial charge in [-0.3, -0.25) is 14.6 Å². The molecule has 3 heterocycles. The SMILES string of the molecule is Cc1ccc2cc(NC(=O)[C@H]3CC(=O)N(Cc4ccco4)C3)ccc2n1. The van der Waals surface area contributed by atoms with Crippen molar-refractivity contribution in [3.8, 4) is 0 Å². The quantitative estimate of drug-likeness (QED) is 0.785. The molecule has 1 fully saturated rings. The Morgan fingerprint density at radius 1 is 1.31 bits per heavy atom. The zero-order valence-electron chi connectivity index (χ0n) is 14.4. The van der Waals surface area contributed by atoms with Gasteiger partial charge in [0, 0.05) is 29.7 Å². The smallest absolute Gasteiger partial charge is 0.229 e. The highest BCUT2D eigenvalue weighted by molar-refractivity contribution is 5.98. The van der Waals surface area contributed by atoms with Gasteiger partial charge in [0.05, 0.1) is 24.2 Å². The number of furan rings is 1. The van der Waals surface area contributed by atoms with Gasteiger partial charge in [0.15, 0.2) is 0 Å². The molecule has 6 nitrogen and oxygen atoms in total. The fraction of sp³-hybridized carbons (Fsp3) is 0.250. The maximum Gasteiger partial charge on any atom is 0.229 e. The first-order chi connectivity index (χ1) is 12.6. The summed E-state index contributed by atoms with van der Waals surface area (Å²) in [5.74, 6) is 0.195. The Balaban J connectivity index is 1.43. The Morgan fingerprint density at radius 3 is 3.00 bits per heavy atom. The van der Waals surface area contributed by atoms with Gasteiger partial charge in [-0.05, 0) is 43.3 Å². The molecule has 0 bridgehead atoms. The first-order valence-electron chi connectivity index (χ1n) is 8.57. The lowest BCUT2D eigenvalue weighted by atomic mass is 10.1. The molecule has 0 spiro atoms. The van der Waals surface area contributed by atoms with Crippen molar-refractivity contribution >= 4 is 28.4 Å². The highest BCUT2D eigenvalue weighted by atomic mass is 16.3. The molecule has 1 aromatic carbocycles. The Bertz CT molecular complexity index is 966. The van der Waals surface area contributed by atoms with Crippen molar-refractivity contribution in [3.63, 3.8) is 0 Å². The summed E-state index contributed by atoms with van der Waals surface area (Å²) in [5, 5.41) is 3.89. The molecular formula is C20H19N3O3. The van der Waals surface area contributed by atoms with Crippen LogP contribution in [0, 0.1) is 12.8 Å². The lowest BCUT2D eigenvalue weighted by molar-refractivity contribution is -0.128. The molecule has 0 radical (unpaired) electrons. The minimum atomic E-state index is -0.357. The molecule has 1 atom stereocenters. The summed E-state index contributed by atoms with van der Waals surface area (Å²) >= 11 is 0. The average molecular weight is 349 g/mol. The molecule has 0 saturated carbocycles. The molecule has 1 aliphatic heterocycles. The zero-order valence-corrected chi connectivity index (χ0v) is 14.4. The summed E-state index contributed by atoms with van der Waals surface area (Å²) in [7, 11) is 0. The van der Waals surface area contributed by atoms with Crippen LogP contribution in [-0.4, -0.2) is 28.2 Å². The normalized spacial score (nSPS) is 17.0. The van der Waals surface area contributed by atoms with Crippen molar-refractivity contribution in [1.82, 2.24) is 9.88 Å². The number of nitrogens with one attached hydrogen (secondary N) is 1. The Hall–Kier alpha value is -3.15. The number of carbonyl (C=O) groups excluding carboxylic acids is 2. The number of hydrogen-bond donors (Lipinski definition) is 1. The van der Waals surface area contributed by atoms with Crippen molar-refractivity contribution in [2.45, 2.75) is 19.9 Å². The third kappa shape index (κ3) is 3.31. The van der Waals surface area contributed by atoms with Crippen LogP contribution in [-0.2, 0) is 16.1 Å². The van der Waals surface area contributed by atoms with E-state index in [0.717, 1.165) is 22.4 Å². The van der Waals surface area contributed by atoms with E-state index in [2.05, 4.69) is 10.3 Å². The van der Waals surface area contributed by atoms with Gasteiger partial charge in [-0.15, -0.1) is 0 Å². The number of aryl methyl sites for hydroxylation is 1. The van der Waals surface area contributed by atoms with Gasteiger partial charge in [0.1, 0.15) is 5.76 Å². The van der Waals surface area contributed by atoms with Gasteiger partial charge < -0.3 is 14.6 Å². The van der Waals surface area contributed by atoms with Gasteiger partial charge >= 0.3 is 0 Å². The lowest BCUT2D eigenvalue weighted by Gasteiger charge is -2.15. The van der Waals surface area contributed by atoms with E-state index in [-0.39, 0.29) is 24.2 Å². The predicted molar refractivity (Wildman–Crippen MR) is 97.3 cm³/mol. The molecule has 3 aromatic rings. The Morgan fingerprint density at radius 2 is 2.19 bits per heavy atom. The number of hydrogen-bond acceptors (Lipinski definition) is 4. The van der Waals surface area contributed by atoms with Crippen LogP contribution in [0.5, 0.6) is 0 Å². The number of rotatable bonds is 4. The zero-order chi connectivity index (χ0) is 18.1. The van der Waals surface area contributed by atoms with E-state index in [1.54, 1.807) is 17.2 Å². The fourth-order valence-electron chi connectivity index (χ4n) is 3.24. The minimum Gasteiger partial charge on any atom is -0.467 e. The molecule has 6 heteroatoms. The molecule has 1 aliphatic rings. The number of likely N-dealkylation sites (tertiary alicyclic amines) is 1. The minimum absolute atomic E-state index is 0.0280. The molecule has 4 rings (SSSR count). The standard InChI is InChI=1S/C20H19N3O3/c1-13-4-5-14-9-16(6-7-18(14)21-13)22-20(25)15-10-19(24)23(11-15)12-17-3-2-8-26-17/h2-9,15H,10-12H2,1H3,(H,22,25)/t15-/m0/s1. The number of pyridine rings is 1. The highest BCUT2D eigenvalue weighted by Crippen LogP contribution is 2.23. The van der Waals surface area contributed by atoms with Crippen LogP contribution >= 0.6 is 0 Å². The van der Waals surface area contributed by atoms with Crippen LogP contribution in [0.15, 0.2) is 53.1 Å². The molecular weight excluding hydrogens is 330 g/mol. The van der Waals surface area contributed by atoms with Crippen molar-refractivity contribution in [2.24, 2.45) is 5.92 Å². The van der Waals surface area contributed by atoms with Crippen LogP contribution < -0.4 is 5.32 Å². The number of nitrogens with zero attached hydrogens (tertiary/aromatic N) is 2. The maximum atomic E-state index is 12.6. The second kappa shape index (κ2) is 6.63. The van der Waals surface area contributed by atoms with Crippen LogP contribution in [0.25, 0.3) is 10.9 Å². The van der Waals surface area contributed by atoms with Gasteiger partial charge in [0.25, 0.3) is 0 Å². The second-order valence-corrected chi connectivity index (χ2v) is 6.60. The van der Waals surface area contributed by atoms with E-state index in [9.17, 15) is 9.59 Å². The summed E-state index contributed by atoms with van der Waals surface area (Å²) in [6.45, 7) is 2.75. The largest absolute Gasteiger partial charge is 0.467 e. The van der Waals surface area contributed by atoms with Gasteiger partial charge in [0.2, 0.25) is 11.8 Å². The molecule has 132 valence electrons. The maximum absolute atomic E-state index is 12.6. The average Bonchev–Trinajstić information content (AvgIpc) is 3.26. The van der Waals surface area contributed by atoms with Crippen molar-refractivity contribution in [2.75, 3.05) is 11.9 Å². The van der Waals surface area contributed by atoms with E-state index in [4.69, 9.17) is 4.42 Å². The van der Waals surface area contributed by atoms with E-state index >= 15 is 0 Å². The van der Waals surface area contributed by atoms with Gasteiger partial charge in [-0.2, -0.15) is 0 Å². The summed E-state index contributed by atoms with van der Waals surface area (Å²) < 4.78 is 5.28. The van der Waals surface area contributed by atoms with Crippen molar-refractivity contribution in [3.05, 3.63) is 60.2 Å². The van der Waals surface area contributed by atoms with Crippen molar-refractivity contribution < 1.29 is 14.0 Å². The third-order valence-corrected chi connectivity index (χ3v) is 4.61. The monoisotopic (exact) mass is 349 g/mol. The molecule has 0 unspecified atom stereocenters. The molecule has 1 saturated heterocycles. The Kier molecular flexibility index (Phi) is 4.16. The molecule has 2 aromatic heterocycles. The lowest BCUT2D eigenvalue weighted by Crippen LogP contribution is -2.27. The summed E-state index contributed by atoms with van der Waals surface area (Å²) in [6, 6.07) is 13.2. The number of benzene rings is 1. The molecule has 1 N–H and O–H groups in total. The van der Waals surface area contributed by atoms with E-state index in [1.165, 1.54) is 0 Å². The number of amides is 2. The topological polar surface area (TPSA) is 75.4 Å². The number of carbonyl (C=O) groups is 2.